The molecule has 7 heteroatoms. The van der Waals surface area contributed by atoms with Gasteiger partial charge in [-0.3, -0.25) is 0 Å². The van der Waals surface area contributed by atoms with Crippen LogP contribution in [0, 0.1) is 0 Å². The SMILES string of the molecule is CON=Cc1cnc(SCCC=C(F)F)o1. The molecule has 0 N–H and O–H groups in total. The molecule has 88 valence electrons. The minimum atomic E-state index is -1.67. The average Bonchev–Trinajstić information content (AvgIpc) is 2.69. The standard InChI is InChI=1S/C9H10F2N2O2S/c1-14-13-6-7-5-12-9(15-7)16-4-2-3-8(10)11/h3,5-6H,2,4H2,1H3. The number of nitrogens with zero attached hydrogens (tertiary/aromatic N) is 2. The first-order valence-corrected chi connectivity index (χ1v) is 5.37. The van der Waals surface area contributed by atoms with Gasteiger partial charge in [-0.1, -0.05) is 16.9 Å². The summed E-state index contributed by atoms with van der Waals surface area (Å²) in [6.45, 7) is 0. The van der Waals surface area contributed by atoms with Crippen molar-refractivity contribution in [3.8, 4) is 0 Å². The lowest BCUT2D eigenvalue weighted by molar-refractivity contribution is 0.215. The van der Waals surface area contributed by atoms with E-state index in [0.717, 1.165) is 6.08 Å². The summed E-state index contributed by atoms with van der Waals surface area (Å²) in [5.41, 5.74) is 0. The van der Waals surface area contributed by atoms with Crippen molar-refractivity contribution >= 4 is 18.0 Å². The molecule has 0 bridgehead atoms. The maximum atomic E-state index is 11.7. The topological polar surface area (TPSA) is 47.6 Å². The van der Waals surface area contributed by atoms with Crippen molar-refractivity contribution in [2.45, 2.75) is 11.6 Å². The first-order chi connectivity index (χ1) is 7.72. The Bertz CT molecular complexity index is 375. The van der Waals surface area contributed by atoms with E-state index in [-0.39, 0.29) is 6.42 Å². The molecule has 0 radical (unpaired) electrons. The van der Waals surface area contributed by atoms with Crippen LogP contribution in [-0.2, 0) is 4.84 Å². The lowest BCUT2D eigenvalue weighted by Crippen LogP contribution is -1.77. The van der Waals surface area contributed by atoms with Crippen LogP contribution in [0.2, 0.25) is 0 Å². The summed E-state index contributed by atoms with van der Waals surface area (Å²) in [6.07, 6.45) is 2.33. The van der Waals surface area contributed by atoms with Gasteiger partial charge in [0.15, 0.2) is 5.76 Å². The van der Waals surface area contributed by atoms with E-state index in [9.17, 15) is 8.78 Å². The fraction of sp³-hybridized carbons (Fsp3) is 0.333. The normalized spacial score (nSPS) is 10.7. The first kappa shape index (κ1) is 12.7. The first-order valence-electron chi connectivity index (χ1n) is 4.38. The van der Waals surface area contributed by atoms with Crippen LogP contribution in [0.4, 0.5) is 8.78 Å². The molecule has 1 aromatic heterocycles. The molecule has 4 nitrogen and oxygen atoms in total. The predicted molar refractivity (Wildman–Crippen MR) is 56.7 cm³/mol. The molecule has 1 rings (SSSR count). The maximum Gasteiger partial charge on any atom is 0.266 e. The van der Waals surface area contributed by atoms with E-state index >= 15 is 0 Å². The molecule has 0 spiro atoms. The molecule has 0 amide bonds. The second-order valence-electron chi connectivity index (χ2n) is 2.58. The minimum absolute atomic E-state index is 0.275. The summed E-state index contributed by atoms with van der Waals surface area (Å²) in [6, 6.07) is 0. The third kappa shape index (κ3) is 4.92. The molecule has 0 fully saturated rings. The van der Waals surface area contributed by atoms with E-state index in [1.54, 1.807) is 0 Å². The van der Waals surface area contributed by atoms with Crippen molar-refractivity contribution in [1.29, 1.82) is 0 Å². The van der Waals surface area contributed by atoms with Gasteiger partial charge in [-0.15, -0.1) is 0 Å². The van der Waals surface area contributed by atoms with Crippen molar-refractivity contribution in [3.63, 3.8) is 0 Å². The molecular formula is C9H10F2N2O2S. The van der Waals surface area contributed by atoms with E-state index in [1.165, 1.54) is 31.3 Å². The Morgan fingerprint density at radius 1 is 1.69 bits per heavy atom. The molecule has 0 atom stereocenters. The number of halogens is 2. The van der Waals surface area contributed by atoms with E-state index in [2.05, 4.69) is 15.0 Å². The van der Waals surface area contributed by atoms with Gasteiger partial charge in [-0.25, -0.2) is 4.98 Å². The molecule has 16 heavy (non-hydrogen) atoms. The largest absolute Gasteiger partial charge is 0.430 e. The summed E-state index contributed by atoms with van der Waals surface area (Å²) in [4.78, 5) is 8.39. The third-order valence-electron chi connectivity index (χ3n) is 1.43. The number of hydrogen-bond donors (Lipinski definition) is 0. The average molecular weight is 248 g/mol. The molecule has 1 heterocycles. The van der Waals surface area contributed by atoms with Gasteiger partial charge in [0.2, 0.25) is 0 Å². The van der Waals surface area contributed by atoms with Crippen LogP contribution in [0.15, 0.2) is 33.1 Å². The highest BCUT2D eigenvalue weighted by molar-refractivity contribution is 7.99. The number of oxazole rings is 1. The van der Waals surface area contributed by atoms with Gasteiger partial charge in [0, 0.05) is 5.75 Å². The Hall–Kier alpha value is -1.37. The number of thioether (sulfide) groups is 1. The zero-order valence-electron chi connectivity index (χ0n) is 8.52. The van der Waals surface area contributed by atoms with Crippen molar-refractivity contribution in [2.75, 3.05) is 12.9 Å². The highest BCUT2D eigenvalue weighted by Crippen LogP contribution is 2.18. The van der Waals surface area contributed by atoms with Crippen molar-refractivity contribution in [1.82, 2.24) is 4.98 Å². The summed E-state index contributed by atoms with van der Waals surface area (Å²) in [7, 11) is 1.42. The van der Waals surface area contributed by atoms with Crippen LogP contribution in [0.25, 0.3) is 0 Å². The Balaban J connectivity index is 2.35. The van der Waals surface area contributed by atoms with Gasteiger partial charge in [-0.05, 0) is 12.5 Å². The smallest absolute Gasteiger partial charge is 0.266 e. The van der Waals surface area contributed by atoms with Gasteiger partial charge >= 0.3 is 0 Å². The van der Waals surface area contributed by atoms with Crippen LogP contribution >= 0.6 is 11.8 Å². The highest BCUT2D eigenvalue weighted by atomic mass is 32.2. The number of aromatic nitrogens is 1. The number of oxime groups is 1. The second-order valence-corrected chi connectivity index (χ2v) is 3.62. The monoisotopic (exact) mass is 248 g/mol. The summed E-state index contributed by atoms with van der Waals surface area (Å²) in [5.74, 6) is 0.940. The van der Waals surface area contributed by atoms with Gasteiger partial charge in [-0.2, -0.15) is 8.78 Å². The predicted octanol–water partition coefficient (Wildman–Crippen LogP) is 2.92. The second kappa shape index (κ2) is 7.00. The molecule has 1 aromatic rings. The Morgan fingerprint density at radius 2 is 2.50 bits per heavy atom. The summed E-state index contributed by atoms with van der Waals surface area (Å²) in [5, 5.41) is 3.92. The number of rotatable bonds is 6. The van der Waals surface area contributed by atoms with E-state index in [4.69, 9.17) is 4.42 Å². The lowest BCUT2D eigenvalue weighted by atomic mass is 10.5. The molecule has 0 unspecified atom stereocenters. The zero-order valence-corrected chi connectivity index (χ0v) is 9.34. The Morgan fingerprint density at radius 3 is 3.19 bits per heavy atom. The highest BCUT2D eigenvalue weighted by Gasteiger charge is 2.02. The number of allylic oxidation sites excluding steroid dienone is 1. The van der Waals surface area contributed by atoms with Gasteiger partial charge in [0.25, 0.3) is 11.3 Å². The summed E-state index contributed by atoms with van der Waals surface area (Å²) >= 11 is 1.26. The number of hydrogen-bond acceptors (Lipinski definition) is 5. The molecular weight excluding hydrogens is 238 g/mol. The Kier molecular flexibility index (Phi) is 5.55. The van der Waals surface area contributed by atoms with Crippen LogP contribution in [-0.4, -0.2) is 24.1 Å². The maximum absolute atomic E-state index is 11.7. The van der Waals surface area contributed by atoms with Crippen LogP contribution < -0.4 is 0 Å². The molecule has 0 aliphatic rings. The van der Waals surface area contributed by atoms with Crippen molar-refractivity contribution in [3.05, 3.63) is 24.1 Å². The minimum Gasteiger partial charge on any atom is -0.430 e. The molecule has 0 aliphatic carbocycles. The fourth-order valence-corrected chi connectivity index (χ4v) is 1.51. The zero-order chi connectivity index (χ0) is 11.8. The van der Waals surface area contributed by atoms with Gasteiger partial charge in [0.1, 0.15) is 13.3 Å². The van der Waals surface area contributed by atoms with Gasteiger partial charge in [0.05, 0.1) is 6.20 Å². The van der Waals surface area contributed by atoms with Crippen LogP contribution in [0.3, 0.4) is 0 Å². The van der Waals surface area contributed by atoms with Crippen LogP contribution in [0.1, 0.15) is 12.2 Å². The molecule has 0 aliphatic heterocycles. The van der Waals surface area contributed by atoms with Crippen LogP contribution in [0.5, 0.6) is 0 Å². The van der Waals surface area contributed by atoms with Crippen molar-refractivity contribution < 1.29 is 18.0 Å². The van der Waals surface area contributed by atoms with E-state index in [1.807, 2.05) is 0 Å². The van der Waals surface area contributed by atoms with Crippen molar-refractivity contribution in [2.24, 2.45) is 5.16 Å². The molecule has 0 saturated heterocycles. The van der Waals surface area contributed by atoms with E-state index in [0.29, 0.717) is 16.7 Å². The molecule has 0 aromatic carbocycles. The quantitative estimate of drug-likeness (QED) is 0.336. The lowest BCUT2D eigenvalue weighted by Gasteiger charge is -1.91. The Labute approximate surface area is 95.4 Å². The van der Waals surface area contributed by atoms with E-state index < -0.39 is 6.08 Å². The fourth-order valence-electron chi connectivity index (χ4n) is 0.815. The van der Waals surface area contributed by atoms with Gasteiger partial charge < -0.3 is 9.25 Å². The summed E-state index contributed by atoms with van der Waals surface area (Å²) < 4.78 is 28.6. The third-order valence-corrected chi connectivity index (χ3v) is 2.31. The molecule has 0 saturated carbocycles.